The standard InChI is InChI=1S/C15H28N2O3/c1-2-19-9-7-15(5-3-4-6-15)12-17-14(18)13-11-20-10-8-16-13/h13,16H,2-12H2,1H3,(H,17,18). The number of carbonyl (C=O) groups is 1. The summed E-state index contributed by atoms with van der Waals surface area (Å²) in [7, 11) is 0. The zero-order valence-electron chi connectivity index (χ0n) is 12.6. The van der Waals surface area contributed by atoms with E-state index in [1.165, 1.54) is 25.7 Å². The van der Waals surface area contributed by atoms with Gasteiger partial charge in [-0.3, -0.25) is 4.79 Å². The van der Waals surface area contributed by atoms with E-state index in [1.54, 1.807) is 0 Å². The van der Waals surface area contributed by atoms with Crippen LogP contribution in [-0.2, 0) is 14.3 Å². The van der Waals surface area contributed by atoms with E-state index in [0.717, 1.165) is 32.7 Å². The summed E-state index contributed by atoms with van der Waals surface area (Å²) >= 11 is 0. The van der Waals surface area contributed by atoms with E-state index in [4.69, 9.17) is 9.47 Å². The minimum absolute atomic E-state index is 0.0763. The maximum absolute atomic E-state index is 12.1. The van der Waals surface area contributed by atoms with Gasteiger partial charge in [0.05, 0.1) is 13.2 Å². The molecule has 0 spiro atoms. The minimum atomic E-state index is -0.186. The first-order valence-electron chi connectivity index (χ1n) is 7.92. The highest BCUT2D eigenvalue weighted by atomic mass is 16.5. The molecule has 1 saturated heterocycles. The van der Waals surface area contributed by atoms with Crippen LogP contribution in [0.5, 0.6) is 0 Å². The first kappa shape index (κ1) is 15.7. The highest BCUT2D eigenvalue weighted by Crippen LogP contribution is 2.40. The van der Waals surface area contributed by atoms with Crippen LogP contribution >= 0.6 is 0 Å². The Morgan fingerprint density at radius 3 is 2.90 bits per heavy atom. The average molecular weight is 284 g/mol. The van der Waals surface area contributed by atoms with Crippen molar-refractivity contribution in [3.63, 3.8) is 0 Å². The number of carbonyl (C=O) groups excluding carboxylic acids is 1. The summed E-state index contributed by atoms with van der Waals surface area (Å²) < 4.78 is 10.8. The summed E-state index contributed by atoms with van der Waals surface area (Å²) in [6.07, 6.45) is 6.00. The molecule has 1 saturated carbocycles. The Bertz CT molecular complexity index is 297. The van der Waals surface area contributed by atoms with E-state index in [1.807, 2.05) is 6.92 Å². The summed E-state index contributed by atoms with van der Waals surface area (Å²) in [5.74, 6) is 0.0763. The van der Waals surface area contributed by atoms with Crippen LogP contribution in [-0.4, -0.2) is 51.5 Å². The van der Waals surface area contributed by atoms with Crippen LogP contribution in [0.4, 0.5) is 0 Å². The second kappa shape index (κ2) is 7.96. The Balaban J connectivity index is 1.77. The van der Waals surface area contributed by atoms with Gasteiger partial charge >= 0.3 is 0 Å². The molecule has 2 rings (SSSR count). The molecule has 1 amide bonds. The van der Waals surface area contributed by atoms with Crippen molar-refractivity contribution in [1.29, 1.82) is 0 Å². The molecular weight excluding hydrogens is 256 g/mol. The van der Waals surface area contributed by atoms with Crippen LogP contribution in [0.15, 0.2) is 0 Å². The van der Waals surface area contributed by atoms with Crippen molar-refractivity contribution in [1.82, 2.24) is 10.6 Å². The van der Waals surface area contributed by atoms with Crippen molar-refractivity contribution in [3.8, 4) is 0 Å². The summed E-state index contributed by atoms with van der Waals surface area (Å²) in [5.41, 5.74) is 0.250. The first-order valence-corrected chi connectivity index (χ1v) is 7.92. The van der Waals surface area contributed by atoms with E-state index in [2.05, 4.69) is 10.6 Å². The fraction of sp³-hybridized carbons (Fsp3) is 0.933. The SMILES string of the molecule is CCOCCC1(CNC(=O)C2COCCN2)CCCC1. The summed E-state index contributed by atoms with van der Waals surface area (Å²) in [5, 5.41) is 6.32. The smallest absolute Gasteiger partial charge is 0.239 e. The third kappa shape index (κ3) is 4.43. The van der Waals surface area contributed by atoms with Crippen LogP contribution in [0.3, 0.4) is 0 Å². The normalized spacial score (nSPS) is 25.6. The number of hydrogen-bond donors (Lipinski definition) is 2. The molecule has 1 aliphatic heterocycles. The van der Waals surface area contributed by atoms with E-state index >= 15 is 0 Å². The molecule has 1 atom stereocenters. The maximum atomic E-state index is 12.1. The van der Waals surface area contributed by atoms with Crippen LogP contribution in [0, 0.1) is 5.41 Å². The van der Waals surface area contributed by atoms with Gasteiger partial charge in [-0.05, 0) is 31.6 Å². The molecule has 2 aliphatic rings. The molecule has 0 aromatic carbocycles. The second-order valence-corrected chi connectivity index (χ2v) is 5.95. The Kier molecular flexibility index (Phi) is 6.26. The Morgan fingerprint density at radius 2 is 2.25 bits per heavy atom. The van der Waals surface area contributed by atoms with Gasteiger partial charge in [0.25, 0.3) is 0 Å². The molecular formula is C15H28N2O3. The lowest BCUT2D eigenvalue weighted by Gasteiger charge is -2.31. The number of rotatable bonds is 7. The Hall–Kier alpha value is -0.650. The van der Waals surface area contributed by atoms with Crippen molar-refractivity contribution >= 4 is 5.91 Å². The monoisotopic (exact) mass is 284 g/mol. The van der Waals surface area contributed by atoms with Gasteiger partial charge in [0.1, 0.15) is 6.04 Å². The topological polar surface area (TPSA) is 59.6 Å². The van der Waals surface area contributed by atoms with E-state index in [9.17, 15) is 4.79 Å². The van der Waals surface area contributed by atoms with Crippen molar-refractivity contribution < 1.29 is 14.3 Å². The molecule has 5 heteroatoms. The fourth-order valence-corrected chi connectivity index (χ4v) is 3.20. The predicted octanol–water partition coefficient (Wildman–Crippen LogP) is 1.08. The summed E-state index contributed by atoms with van der Waals surface area (Å²) in [6.45, 7) is 6.31. The number of ether oxygens (including phenoxy) is 2. The fourth-order valence-electron chi connectivity index (χ4n) is 3.20. The van der Waals surface area contributed by atoms with Gasteiger partial charge in [-0.25, -0.2) is 0 Å². The van der Waals surface area contributed by atoms with E-state index < -0.39 is 0 Å². The first-order chi connectivity index (χ1) is 9.76. The lowest BCUT2D eigenvalue weighted by molar-refractivity contribution is -0.126. The van der Waals surface area contributed by atoms with E-state index in [-0.39, 0.29) is 17.4 Å². The zero-order chi connectivity index (χ0) is 14.3. The largest absolute Gasteiger partial charge is 0.382 e. The number of amides is 1. The second-order valence-electron chi connectivity index (χ2n) is 5.95. The number of hydrogen-bond acceptors (Lipinski definition) is 4. The van der Waals surface area contributed by atoms with Crippen LogP contribution in [0.2, 0.25) is 0 Å². The lowest BCUT2D eigenvalue weighted by atomic mass is 9.83. The molecule has 0 aromatic rings. The third-order valence-electron chi connectivity index (χ3n) is 4.52. The molecule has 0 aromatic heterocycles. The van der Waals surface area contributed by atoms with Crippen molar-refractivity contribution in [3.05, 3.63) is 0 Å². The van der Waals surface area contributed by atoms with Gasteiger partial charge in [-0.15, -0.1) is 0 Å². The van der Waals surface area contributed by atoms with Crippen molar-refractivity contribution in [2.45, 2.75) is 45.1 Å². The van der Waals surface area contributed by atoms with Gasteiger partial charge in [-0.2, -0.15) is 0 Å². The maximum Gasteiger partial charge on any atom is 0.239 e. The highest BCUT2D eigenvalue weighted by molar-refractivity contribution is 5.82. The molecule has 1 aliphatic carbocycles. The minimum Gasteiger partial charge on any atom is -0.382 e. The average Bonchev–Trinajstić information content (AvgIpc) is 2.95. The van der Waals surface area contributed by atoms with Gasteiger partial charge in [0, 0.05) is 26.3 Å². The summed E-state index contributed by atoms with van der Waals surface area (Å²) in [6, 6.07) is -0.186. The molecule has 5 nitrogen and oxygen atoms in total. The van der Waals surface area contributed by atoms with Crippen LogP contribution < -0.4 is 10.6 Å². The molecule has 116 valence electrons. The lowest BCUT2D eigenvalue weighted by Crippen LogP contribution is -2.52. The van der Waals surface area contributed by atoms with Crippen molar-refractivity contribution in [2.24, 2.45) is 5.41 Å². The van der Waals surface area contributed by atoms with Gasteiger partial charge in [0.15, 0.2) is 0 Å². The van der Waals surface area contributed by atoms with Gasteiger partial charge in [-0.1, -0.05) is 12.8 Å². The zero-order valence-corrected chi connectivity index (χ0v) is 12.6. The van der Waals surface area contributed by atoms with Crippen LogP contribution in [0.25, 0.3) is 0 Å². The molecule has 1 heterocycles. The van der Waals surface area contributed by atoms with Gasteiger partial charge < -0.3 is 20.1 Å². The van der Waals surface area contributed by atoms with Gasteiger partial charge in [0.2, 0.25) is 5.91 Å². The summed E-state index contributed by atoms with van der Waals surface area (Å²) in [4.78, 5) is 12.1. The molecule has 0 radical (unpaired) electrons. The number of nitrogens with one attached hydrogen (secondary N) is 2. The number of morpholine rings is 1. The molecule has 2 N–H and O–H groups in total. The Labute approximate surface area is 121 Å². The molecule has 2 fully saturated rings. The molecule has 0 bridgehead atoms. The molecule has 20 heavy (non-hydrogen) atoms. The third-order valence-corrected chi connectivity index (χ3v) is 4.52. The predicted molar refractivity (Wildman–Crippen MR) is 77.6 cm³/mol. The van der Waals surface area contributed by atoms with E-state index in [0.29, 0.717) is 13.2 Å². The Morgan fingerprint density at radius 1 is 1.45 bits per heavy atom. The highest BCUT2D eigenvalue weighted by Gasteiger charge is 2.34. The van der Waals surface area contributed by atoms with Crippen molar-refractivity contribution in [2.75, 3.05) is 39.5 Å². The molecule has 1 unspecified atom stereocenters. The van der Waals surface area contributed by atoms with Crippen LogP contribution in [0.1, 0.15) is 39.0 Å². The quantitative estimate of drug-likeness (QED) is 0.687.